The molecule has 146 valence electrons. The minimum atomic E-state index is -3.81. The van der Waals surface area contributed by atoms with E-state index < -0.39 is 15.9 Å². The molecule has 0 spiro atoms. The maximum Gasteiger partial charge on any atom is 0.275 e. The first kappa shape index (κ1) is 19.8. The third-order valence-corrected chi connectivity index (χ3v) is 6.20. The Hall–Kier alpha value is -2.91. The van der Waals surface area contributed by atoms with Crippen LogP contribution in [0.15, 0.2) is 52.7 Å². The van der Waals surface area contributed by atoms with Gasteiger partial charge in [-0.05, 0) is 49.7 Å². The van der Waals surface area contributed by atoms with Crippen molar-refractivity contribution in [3.8, 4) is 5.75 Å². The number of aryl methyl sites for hydroxylation is 2. The predicted molar refractivity (Wildman–Crippen MR) is 110 cm³/mol. The van der Waals surface area contributed by atoms with Crippen LogP contribution in [-0.2, 0) is 10.0 Å². The average Bonchev–Trinajstić information content (AvgIpc) is 3.12. The molecule has 2 aromatic carbocycles. The summed E-state index contributed by atoms with van der Waals surface area (Å²) in [6.45, 7) is 3.87. The Morgan fingerprint density at radius 3 is 2.46 bits per heavy atom. The van der Waals surface area contributed by atoms with Gasteiger partial charge in [-0.1, -0.05) is 17.7 Å². The number of amides is 1. The van der Waals surface area contributed by atoms with Crippen LogP contribution >= 0.6 is 11.3 Å². The highest BCUT2D eigenvalue weighted by Gasteiger charge is 2.18. The molecule has 1 heterocycles. The van der Waals surface area contributed by atoms with Gasteiger partial charge in [-0.25, -0.2) is 13.4 Å². The number of carbonyl (C=O) groups excluding carboxylic acids is 1. The molecule has 1 aromatic heterocycles. The highest BCUT2D eigenvalue weighted by molar-refractivity contribution is 7.93. The lowest BCUT2D eigenvalue weighted by molar-refractivity contribution is 0.102. The molecule has 1 amide bonds. The van der Waals surface area contributed by atoms with Gasteiger partial charge in [0, 0.05) is 11.1 Å². The van der Waals surface area contributed by atoms with Gasteiger partial charge in [0.15, 0.2) is 5.13 Å². The van der Waals surface area contributed by atoms with Crippen molar-refractivity contribution >= 4 is 38.1 Å². The summed E-state index contributed by atoms with van der Waals surface area (Å²) in [5, 5.41) is 4.41. The fraction of sp³-hybridized carbons (Fsp3) is 0.158. The molecule has 3 rings (SSSR count). The second-order valence-corrected chi connectivity index (χ2v) is 8.63. The van der Waals surface area contributed by atoms with Gasteiger partial charge in [-0.15, -0.1) is 11.3 Å². The van der Waals surface area contributed by atoms with Crippen molar-refractivity contribution in [2.24, 2.45) is 0 Å². The summed E-state index contributed by atoms with van der Waals surface area (Å²) >= 11 is 1.04. The Kier molecular flexibility index (Phi) is 5.66. The summed E-state index contributed by atoms with van der Waals surface area (Å²) in [6.07, 6.45) is 0. The Bertz CT molecular complexity index is 1110. The van der Waals surface area contributed by atoms with Crippen LogP contribution in [0.1, 0.15) is 21.6 Å². The van der Waals surface area contributed by atoms with Crippen molar-refractivity contribution in [2.75, 3.05) is 17.1 Å². The third-order valence-electron chi connectivity index (χ3n) is 3.96. The second-order valence-electron chi connectivity index (χ2n) is 6.09. The molecule has 0 bridgehead atoms. The molecule has 0 saturated carbocycles. The number of benzene rings is 2. The Labute approximate surface area is 167 Å². The minimum absolute atomic E-state index is 0.0739. The summed E-state index contributed by atoms with van der Waals surface area (Å²) in [5.74, 6) is 0.150. The molecule has 0 fully saturated rings. The number of rotatable bonds is 6. The monoisotopic (exact) mass is 417 g/mol. The predicted octanol–water partition coefficient (Wildman–Crippen LogP) is 3.82. The van der Waals surface area contributed by atoms with Crippen LogP contribution in [-0.4, -0.2) is 26.4 Å². The first-order valence-corrected chi connectivity index (χ1v) is 10.7. The van der Waals surface area contributed by atoms with E-state index in [1.165, 1.54) is 24.6 Å². The first-order chi connectivity index (χ1) is 13.3. The summed E-state index contributed by atoms with van der Waals surface area (Å²) in [6, 6.07) is 11.7. The highest BCUT2D eigenvalue weighted by Crippen LogP contribution is 2.23. The number of thiazole rings is 1. The molecule has 0 aliphatic carbocycles. The fourth-order valence-electron chi connectivity index (χ4n) is 2.49. The number of ether oxygens (including phenoxy) is 1. The summed E-state index contributed by atoms with van der Waals surface area (Å²) in [7, 11) is -2.31. The Balaban J connectivity index is 1.73. The zero-order chi connectivity index (χ0) is 20.3. The first-order valence-electron chi connectivity index (χ1n) is 8.29. The molecule has 0 radical (unpaired) electrons. The number of sulfonamides is 1. The van der Waals surface area contributed by atoms with Crippen LogP contribution in [0.5, 0.6) is 5.75 Å². The lowest BCUT2D eigenvalue weighted by Gasteiger charge is -2.08. The molecular formula is C19H19N3O4S2. The van der Waals surface area contributed by atoms with E-state index >= 15 is 0 Å². The zero-order valence-electron chi connectivity index (χ0n) is 15.5. The van der Waals surface area contributed by atoms with Crippen LogP contribution in [0.4, 0.5) is 10.8 Å². The van der Waals surface area contributed by atoms with E-state index in [1.807, 2.05) is 32.0 Å². The smallest absolute Gasteiger partial charge is 0.275 e. The SMILES string of the molecule is COc1ccc(S(=O)(=O)Nc2nc(C(=O)Nc3ccc(C)cc3C)cs2)cc1. The molecule has 7 nitrogen and oxygen atoms in total. The molecular weight excluding hydrogens is 398 g/mol. The standard InChI is InChI=1S/C19H19N3O4S2/c1-12-4-9-16(13(2)10-12)20-18(23)17-11-27-19(21-17)22-28(24,25)15-7-5-14(26-3)6-8-15/h4-11H,1-3H3,(H,20,23)(H,21,22). The molecule has 3 aromatic rings. The topological polar surface area (TPSA) is 97.4 Å². The van der Waals surface area contributed by atoms with Crippen molar-refractivity contribution < 1.29 is 17.9 Å². The Morgan fingerprint density at radius 1 is 1.11 bits per heavy atom. The van der Waals surface area contributed by atoms with E-state index in [9.17, 15) is 13.2 Å². The van der Waals surface area contributed by atoms with Gasteiger partial charge >= 0.3 is 0 Å². The van der Waals surface area contributed by atoms with Crippen LogP contribution in [0.2, 0.25) is 0 Å². The molecule has 9 heteroatoms. The maximum absolute atomic E-state index is 12.5. The number of anilines is 2. The van der Waals surface area contributed by atoms with Crippen LogP contribution in [0, 0.1) is 13.8 Å². The molecule has 0 atom stereocenters. The largest absolute Gasteiger partial charge is 0.497 e. The normalized spacial score (nSPS) is 11.1. The Morgan fingerprint density at radius 2 is 1.82 bits per heavy atom. The number of carbonyl (C=O) groups is 1. The molecule has 2 N–H and O–H groups in total. The highest BCUT2D eigenvalue weighted by atomic mass is 32.2. The summed E-state index contributed by atoms with van der Waals surface area (Å²) < 4.78 is 32.3. The number of hydrogen-bond acceptors (Lipinski definition) is 6. The van der Waals surface area contributed by atoms with Gasteiger partial charge in [0.1, 0.15) is 11.4 Å². The van der Waals surface area contributed by atoms with E-state index in [0.29, 0.717) is 11.4 Å². The molecule has 0 aliphatic heterocycles. The maximum atomic E-state index is 12.5. The van der Waals surface area contributed by atoms with Crippen LogP contribution < -0.4 is 14.8 Å². The van der Waals surface area contributed by atoms with E-state index in [4.69, 9.17) is 4.74 Å². The number of methoxy groups -OCH3 is 1. The van der Waals surface area contributed by atoms with Crippen molar-refractivity contribution in [3.63, 3.8) is 0 Å². The van der Waals surface area contributed by atoms with Crippen LogP contribution in [0.3, 0.4) is 0 Å². The summed E-state index contributed by atoms with van der Waals surface area (Å²) in [5.41, 5.74) is 2.85. The van der Waals surface area contributed by atoms with Crippen LogP contribution in [0.25, 0.3) is 0 Å². The van der Waals surface area contributed by atoms with Crippen molar-refractivity contribution in [3.05, 3.63) is 64.7 Å². The number of hydrogen-bond donors (Lipinski definition) is 2. The van der Waals surface area contributed by atoms with Crippen molar-refractivity contribution in [1.29, 1.82) is 0 Å². The molecule has 0 saturated heterocycles. The van der Waals surface area contributed by atoms with E-state index in [1.54, 1.807) is 12.1 Å². The number of nitrogens with one attached hydrogen (secondary N) is 2. The molecule has 0 unspecified atom stereocenters. The van der Waals surface area contributed by atoms with E-state index in [2.05, 4.69) is 15.0 Å². The van der Waals surface area contributed by atoms with Gasteiger partial charge in [-0.3, -0.25) is 9.52 Å². The van der Waals surface area contributed by atoms with Gasteiger partial charge in [0.25, 0.3) is 15.9 Å². The molecule has 0 aliphatic rings. The number of aromatic nitrogens is 1. The minimum Gasteiger partial charge on any atom is -0.497 e. The second kappa shape index (κ2) is 7.99. The fourth-order valence-corrected chi connectivity index (χ4v) is 4.44. The van der Waals surface area contributed by atoms with Gasteiger partial charge in [0.05, 0.1) is 12.0 Å². The van der Waals surface area contributed by atoms with E-state index in [-0.39, 0.29) is 15.7 Å². The van der Waals surface area contributed by atoms with Gasteiger partial charge in [-0.2, -0.15) is 0 Å². The number of nitrogens with zero attached hydrogens (tertiary/aromatic N) is 1. The average molecular weight is 418 g/mol. The quantitative estimate of drug-likeness (QED) is 0.635. The van der Waals surface area contributed by atoms with Gasteiger partial charge in [0.2, 0.25) is 0 Å². The summed E-state index contributed by atoms with van der Waals surface area (Å²) in [4.78, 5) is 16.6. The van der Waals surface area contributed by atoms with Crippen molar-refractivity contribution in [1.82, 2.24) is 4.98 Å². The lowest BCUT2D eigenvalue weighted by Crippen LogP contribution is -2.15. The third kappa shape index (κ3) is 4.49. The van der Waals surface area contributed by atoms with E-state index in [0.717, 1.165) is 22.5 Å². The molecule has 28 heavy (non-hydrogen) atoms. The van der Waals surface area contributed by atoms with Crippen molar-refractivity contribution in [2.45, 2.75) is 18.7 Å². The lowest BCUT2D eigenvalue weighted by atomic mass is 10.1. The van der Waals surface area contributed by atoms with Gasteiger partial charge < -0.3 is 10.1 Å². The zero-order valence-corrected chi connectivity index (χ0v) is 17.1.